The molecule has 0 amide bonds. The predicted molar refractivity (Wildman–Crippen MR) is 87.1 cm³/mol. The van der Waals surface area contributed by atoms with Crippen LogP contribution in [0.3, 0.4) is 0 Å². The summed E-state index contributed by atoms with van der Waals surface area (Å²) in [5.74, 6) is -0.307. The number of carbonyl (C=O) groups is 2. The average molecular weight is 322 g/mol. The van der Waals surface area contributed by atoms with Crippen LogP contribution in [0.15, 0.2) is 24.3 Å². The van der Waals surface area contributed by atoms with Gasteiger partial charge in [0.2, 0.25) is 0 Å². The Balaban J connectivity index is 2.38. The number of nitrogens with two attached hydrogens (primary N) is 1. The number of halogens is 1. The molecule has 1 aliphatic rings. The topological polar surface area (TPSA) is 74.3 Å². The number of hydrogen-bond donors (Lipinski definition) is 1. The minimum absolute atomic E-state index is 0.00116. The predicted octanol–water partition coefficient (Wildman–Crippen LogP) is 2.46. The van der Waals surface area contributed by atoms with E-state index < -0.39 is 11.5 Å². The number of rotatable bonds is 5. The van der Waals surface area contributed by atoms with Crippen LogP contribution in [0.4, 0.5) is 0 Å². The van der Waals surface area contributed by atoms with E-state index >= 15 is 0 Å². The van der Waals surface area contributed by atoms with Gasteiger partial charge in [-0.15, -0.1) is 0 Å². The summed E-state index contributed by atoms with van der Waals surface area (Å²) in [5, 5.41) is 4.85. The van der Waals surface area contributed by atoms with Crippen LogP contribution in [-0.4, -0.2) is 30.7 Å². The van der Waals surface area contributed by atoms with Gasteiger partial charge in [-0.05, 0) is 43.0 Å². The summed E-state index contributed by atoms with van der Waals surface area (Å²) in [4.78, 5) is 26.0. The first kappa shape index (κ1) is 17.1. The molecule has 0 aromatic heterocycles. The van der Waals surface area contributed by atoms with Gasteiger partial charge in [0.15, 0.2) is 11.6 Å². The maximum atomic E-state index is 13.0. The minimum Gasteiger partial charge on any atom is -0.321 e. The second-order valence-corrected chi connectivity index (χ2v) is 6.66. The third kappa shape index (κ3) is 3.24. The molecule has 1 aromatic carbocycles. The van der Waals surface area contributed by atoms with E-state index in [1.807, 2.05) is 13.8 Å². The summed E-state index contributed by atoms with van der Waals surface area (Å²) in [6.07, 6.45) is 0.876. The third-order valence-electron chi connectivity index (χ3n) is 4.43. The number of nitrogens with zero attached hydrogens (tertiary/aromatic N) is 1. The normalized spacial score (nSPS) is 19.0. The Morgan fingerprint density at radius 2 is 1.73 bits per heavy atom. The third-order valence-corrected chi connectivity index (χ3v) is 4.68. The zero-order chi connectivity index (χ0) is 16.3. The van der Waals surface area contributed by atoms with Crippen molar-refractivity contribution in [2.45, 2.75) is 32.7 Å². The molecule has 1 aliphatic heterocycles. The molecule has 0 saturated carbocycles. The number of Topliss-reactive ketones (excluding diaryl/α,β-unsaturated/α-hetero) is 2. The van der Waals surface area contributed by atoms with Gasteiger partial charge in [-0.25, -0.2) is 5.32 Å². The SMILES string of the molecule is CC(C)C(N)C(=O)C1(C(=O)c2ccc(Cl)cc2)CC[N]CC1. The largest absolute Gasteiger partial charge is 0.321 e. The molecule has 5 heteroatoms. The molecule has 2 N–H and O–H groups in total. The number of benzene rings is 1. The lowest BCUT2D eigenvalue weighted by Gasteiger charge is -2.36. The van der Waals surface area contributed by atoms with Crippen LogP contribution in [0.2, 0.25) is 5.02 Å². The summed E-state index contributed by atoms with van der Waals surface area (Å²) in [5.41, 5.74) is 5.53. The monoisotopic (exact) mass is 321 g/mol. The Morgan fingerprint density at radius 1 is 1.18 bits per heavy atom. The lowest BCUT2D eigenvalue weighted by Crippen LogP contribution is -2.53. The van der Waals surface area contributed by atoms with Gasteiger partial charge in [0.05, 0.1) is 11.5 Å². The highest BCUT2D eigenvalue weighted by molar-refractivity contribution is 6.30. The van der Waals surface area contributed by atoms with Gasteiger partial charge < -0.3 is 5.73 Å². The van der Waals surface area contributed by atoms with Crippen LogP contribution in [0.5, 0.6) is 0 Å². The van der Waals surface area contributed by atoms with E-state index in [1.165, 1.54) is 0 Å². The van der Waals surface area contributed by atoms with E-state index in [4.69, 9.17) is 17.3 Å². The van der Waals surface area contributed by atoms with Crippen molar-refractivity contribution in [1.82, 2.24) is 5.32 Å². The molecule has 22 heavy (non-hydrogen) atoms. The molecule has 0 aliphatic carbocycles. The van der Waals surface area contributed by atoms with E-state index in [-0.39, 0.29) is 17.5 Å². The Labute approximate surface area is 136 Å². The van der Waals surface area contributed by atoms with Crippen molar-refractivity contribution in [2.75, 3.05) is 13.1 Å². The number of hydrogen-bond acceptors (Lipinski definition) is 3. The quantitative estimate of drug-likeness (QED) is 0.668. The molecule has 4 nitrogen and oxygen atoms in total. The number of ketones is 2. The van der Waals surface area contributed by atoms with Crippen LogP contribution >= 0.6 is 11.6 Å². The molecule has 2 rings (SSSR count). The molecule has 1 radical (unpaired) electrons. The molecule has 0 bridgehead atoms. The Bertz CT molecular complexity index is 548. The van der Waals surface area contributed by atoms with E-state index in [0.717, 1.165) is 0 Å². The van der Waals surface area contributed by atoms with E-state index in [1.54, 1.807) is 24.3 Å². The molecule has 1 atom stereocenters. The molecule has 1 heterocycles. The van der Waals surface area contributed by atoms with Crippen LogP contribution in [0.25, 0.3) is 0 Å². The van der Waals surface area contributed by atoms with Crippen molar-refractivity contribution in [3.05, 3.63) is 34.9 Å². The summed E-state index contributed by atoms with van der Waals surface area (Å²) < 4.78 is 0. The maximum Gasteiger partial charge on any atom is 0.176 e. The van der Waals surface area contributed by atoms with Gasteiger partial charge in [0, 0.05) is 23.7 Å². The van der Waals surface area contributed by atoms with Crippen LogP contribution < -0.4 is 11.1 Å². The van der Waals surface area contributed by atoms with Crippen molar-refractivity contribution in [1.29, 1.82) is 0 Å². The fraction of sp³-hybridized carbons (Fsp3) is 0.529. The van der Waals surface area contributed by atoms with Crippen molar-refractivity contribution in [3.8, 4) is 0 Å². The lowest BCUT2D eigenvalue weighted by molar-refractivity contribution is -0.129. The molecule has 0 spiro atoms. The van der Waals surface area contributed by atoms with Crippen LogP contribution in [0.1, 0.15) is 37.0 Å². The first-order valence-electron chi connectivity index (χ1n) is 7.62. The summed E-state index contributed by atoms with van der Waals surface area (Å²) >= 11 is 5.88. The molecule has 1 aromatic rings. The van der Waals surface area contributed by atoms with Gasteiger partial charge in [-0.2, -0.15) is 0 Å². The highest BCUT2D eigenvalue weighted by Crippen LogP contribution is 2.36. The second kappa shape index (κ2) is 6.90. The van der Waals surface area contributed by atoms with Crippen molar-refractivity contribution >= 4 is 23.2 Å². The van der Waals surface area contributed by atoms with E-state index in [0.29, 0.717) is 36.5 Å². The first-order chi connectivity index (χ1) is 10.4. The Hall–Kier alpha value is -1.23. The molecular formula is C17H22ClN2O2. The Kier molecular flexibility index (Phi) is 5.37. The molecule has 1 fully saturated rings. The molecule has 1 unspecified atom stereocenters. The van der Waals surface area contributed by atoms with Crippen molar-refractivity contribution in [3.63, 3.8) is 0 Å². The van der Waals surface area contributed by atoms with Gasteiger partial charge in [0.25, 0.3) is 0 Å². The van der Waals surface area contributed by atoms with Crippen molar-refractivity contribution in [2.24, 2.45) is 17.1 Å². The average Bonchev–Trinajstić information content (AvgIpc) is 2.54. The van der Waals surface area contributed by atoms with Crippen LogP contribution in [0, 0.1) is 11.3 Å². The summed E-state index contributed by atoms with van der Waals surface area (Å²) in [6.45, 7) is 4.85. The van der Waals surface area contributed by atoms with Crippen molar-refractivity contribution < 1.29 is 9.59 Å². The molecular weight excluding hydrogens is 300 g/mol. The zero-order valence-corrected chi connectivity index (χ0v) is 13.8. The number of piperidine rings is 1. The second-order valence-electron chi connectivity index (χ2n) is 6.22. The fourth-order valence-electron chi connectivity index (χ4n) is 2.86. The standard InChI is InChI=1S/C17H22ClN2O2/c1-11(2)14(19)16(22)17(7-9-20-10-8-17)15(21)12-3-5-13(18)6-4-12/h3-6,11,14H,7-10,19H2,1-2H3. The zero-order valence-electron chi connectivity index (χ0n) is 13.0. The fourth-order valence-corrected chi connectivity index (χ4v) is 2.99. The Morgan fingerprint density at radius 3 is 2.23 bits per heavy atom. The first-order valence-corrected chi connectivity index (χ1v) is 8.00. The van der Waals surface area contributed by atoms with Gasteiger partial charge in [-0.1, -0.05) is 25.4 Å². The number of carbonyl (C=O) groups excluding carboxylic acids is 2. The minimum atomic E-state index is -1.04. The molecule has 1 saturated heterocycles. The molecule has 119 valence electrons. The van der Waals surface area contributed by atoms with E-state index in [2.05, 4.69) is 5.32 Å². The summed E-state index contributed by atoms with van der Waals surface area (Å²) in [6, 6.07) is 6.05. The van der Waals surface area contributed by atoms with Crippen LogP contribution in [-0.2, 0) is 4.79 Å². The lowest BCUT2D eigenvalue weighted by atomic mass is 9.67. The smallest absolute Gasteiger partial charge is 0.176 e. The van der Waals surface area contributed by atoms with Gasteiger partial charge in [0.1, 0.15) is 0 Å². The van der Waals surface area contributed by atoms with Gasteiger partial charge in [-0.3, -0.25) is 9.59 Å². The highest BCUT2D eigenvalue weighted by Gasteiger charge is 2.48. The van der Waals surface area contributed by atoms with E-state index in [9.17, 15) is 9.59 Å². The summed E-state index contributed by atoms with van der Waals surface area (Å²) in [7, 11) is 0. The highest BCUT2D eigenvalue weighted by atomic mass is 35.5. The maximum absolute atomic E-state index is 13.0. The van der Waals surface area contributed by atoms with Gasteiger partial charge >= 0.3 is 0 Å².